The minimum Gasteiger partial charge on any atom is -0.368 e. The minimum atomic E-state index is -0.423. The molecule has 0 radical (unpaired) electrons. The first-order valence-corrected chi connectivity index (χ1v) is 5.82. The summed E-state index contributed by atoms with van der Waals surface area (Å²) in [6.45, 7) is 0.0623. The highest BCUT2D eigenvalue weighted by molar-refractivity contribution is 7.71. The van der Waals surface area contributed by atoms with Crippen molar-refractivity contribution in [2.24, 2.45) is 5.73 Å². The summed E-state index contributed by atoms with van der Waals surface area (Å²) >= 11 is 5.21. The van der Waals surface area contributed by atoms with Crippen LogP contribution in [0.15, 0.2) is 30.5 Å². The molecule has 0 saturated carbocycles. The number of aromatic amines is 1. The van der Waals surface area contributed by atoms with Crippen LogP contribution in [-0.4, -0.2) is 20.4 Å². The van der Waals surface area contributed by atoms with Crippen molar-refractivity contribution in [3.05, 3.63) is 35.2 Å². The Morgan fingerprint density at radius 3 is 3.00 bits per heavy atom. The third-order valence-corrected chi connectivity index (χ3v) is 3.14. The fraction of sp³-hybridized carbons (Fsp3) is 0.0833. The SMILES string of the molecule is NC(=O)Cn1c(=S)[nH]c2cnc3ccccc3c21. The van der Waals surface area contributed by atoms with Gasteiger partial charge in [0.2, 0.25) is 5.91 Å². The van der Waals surface area contributed by atoms with Crippen molar-refractivity contribution in [2.45, 2.75) is 6.54 Å². The number of amides is 1. The molecule has 0 fully saturated rings. The van der Waals surface area contributed by atoms with Crippen LogP contribution in [0.2, 0.25) is 0 Å². The zero-order chi connectivity index (χ0) is 12.7. The molecular weight excluding hydrogens is 248 g/mol. The van der Waals surface area contributed by atoms with Gasteiger partial charge in [0.1, 0.15) is 6.54 Å². The maximum absolute atomic E-state index is 11.1. The highest BCUT2D eigenvalue weighted by Crippen LogP contribution is 2.23. The predicted molar refractivity (Wildman–Crippen MR) is 71.6 cm³/mol. The van der Waals surface area contributed by atoms with Crippen LogP contribution in [0.4, 0.5) is 0 Å². The number of aromatic nitrogens is 3. The van der Waals surface area contributed by atoms with Gasteiger partial charge in [0.15, 0.2) is 4.77 Å². The van der Waals surface area contributed by atoms with Crippen molar-refractivity contribution < 1.29 is 4.79 Å². The number of nitrogens with one attached hydrogen (secondary N) is 1. The van der Waals surface area contributed by atoms with E-state index in [0.717, 1.165) is 21.9 Å². The van der Waals surface area contributed by atoms with Crippen molar-refractivity contribution in [3.63, 3.8) is 0 Å². The Labute approximate surface area is 107 Å². The molecule has 2 aromatic heterocycles. The Bertz CT molecular complexity index is 818. The van der Waals surface area contributed by atoms with Crippen molar-refractivity contribution in [1.29, 1.82) is 0 Å². The second kappa shape index (κ2) is 3.92. The summed E-state index contributed by atoms with van der Waals surface area (Å²) < 4.78 is 2.18. The number of nitrogens with two attached hydrogens (primary N) is 1. The number of primary amides is 1. The fourth-order valence-corrected chi connectivity index (χ4v) is 2.37. The van der Waals surface area contributed by atoms with Gasteiger partial charge in [-0.1, -0.05) is 18.2 Å². The van der Waals surface area contributed by atoms with Gasteiger partial charge >= 0.3 is 0 Å². The number of para-hydroxylation sites is 1. The molecule has 6 heteroatoms. The van der Waals surface area contributed by atoms with Crippen molar-refractivity contribution in [2.75, 3.05) is 0 Å². The van der Waals surface area contributed by atoms with Crippen LogP contribution in [0.5, 0.6) is 0 Å². The van der Waals surface area contributed by atoms with E-state index in [9.17, 15) is 4.79 Å². The fourth-order valence-electron chi connectivity index (χ4n) is 2.10. The molecular formula is C12H10N4OS. The van der Waals surface area contributed by atoms with Crippen LogP contribution in [0.1, 0.15) is 0 Å². The highest BCUT2D eigenvalue weighted by atomic mass is 32.1. The number of hydrogen-bond donors (Lipinski definition) is 2. The van der Waals surface area contributed by atoms with E-state index in [-0.39, 0.29) is 6.54 Å². The largest absolute Gasteiger partial charge is 0.368 e. The number of nitrogens with zero attached hydrogens (tertiary/aromatic N) is 2. The smallest absolute Gasteiger partial charge is 0.237 e. The lowest BCUT2D eigenvalue weighted by atomic mass is 10.2. The van der Waals surface area contributed by atoms with Crippen molar-refractivity contribution >= 4 is 40.1 Å². The summed E-state index contributed by atoms with van der Waals surface area (Å²) in [7, 11) is 0. The molecule has 5 nitrogen and oxygen atoms in total. The average Bonchev–Trinajstić information content (AvgIpc) is 2.66. The number of imidazole rings is 1. The summed E-state index contributed by atoms with van der Waals surface area (Å²) in [5, 5.41) is 0.948. The molecule has 1 amide bonds. The number of H-pyrrole nitrogens is 1. The van der Waals surface area contributed by atoms with Crippen LogP contribution in [0, 0.1) is 4.77 Å². The lowest BCUT2D eigenvalue weighted by Gasteiger charge is -2.03. The Hall–Kier alpha value is -2.21. The first-order chi connectivity index (χ1) is 8.66. The third kappa shape index (κ3) is 1.58. The molecule has 0 saturated heterocycles. The van der Waals surface area contributed by atoms with E-state index >= 15 is 0 Å². The number of hydrogen-bond acceptors (Lipinski definition) is 3. The molecule has 1 aromatic carbocycles. The molecule has 0 aliphatic heterocycles. The number of pyridine rings is 1. The molecule has 3 N–H and O–H groups in total. The summed E-state index contributed by atoms with van der Waals surface area (Å²) in [6.07, 6.45) is 1.71. The number of carbonyl (C=O) groups excluding carboxylic acids is 1. The van der Waals surface area contributed by atoms with Crippen LogP contribution in [0.3, 0.4) is 0 Å². The average molecular weight is 258 g/mol. The zero-order valence-electron chi connectivity index (χ0n) is 9.38. The maximum atomic E-state index is 11.1. The number of benzene rings is 1. The van der Waals surface area contributed by atoms with Gasteiger partial charge in [0.25, 0.3) is 0 Å². The lowest BCUT2D eigenvalue weighted by molar-refractivity contribution is -0.118. The summed E-state index contributed by atoms with van der Waals surface area (Å²) in [6, 6.07) is 7.71. The van der Waals surface area contributed by atoms with E-state index in [1.54, 1.807) is 10.8 Å². The van der Waals surface area contributed by atoms with E-state index in [2.05, 4.69) is 9.97 Å². The summed E-state index contributed by atoms with van der Waals surface area (Å²) in [4.78, 5) is 18.5. The summed E-state index contributed by atoms with van der Waals surface area (Å²) in [5.74, 6) is -0.423. The molecule has 3 rings (SSSR count). The molecule has 18 heavy (non-hydrogen) atoms. The molecule has 0 atom stereocenters. The normalized spacial score (nSPS) is 11.1. The second-order valence-electron chi connectivity index (χ2n) is 4.02. The monoisotopic (exact) mass is 258 g/mol. The minimum absolute atomic E-state index is 0.0623. The molecule has 0 bridgehead atoms. The van der Waals surface area contributed by atoms with Crippen molar-refractivity contribution in [3.8, 4) is 0 Å². The quantitative estimate of drug-likeness (QED) is 0.687. The third-order valence-electron chi connectivity index (χ3n) is 2.82. The Morgan fingerprint density at radius 1 is 1.44 bits per heavy atom. The number of fused-ring (bicyclic) bond motifs is 3. The van der Waals surface area contributed by atoms with E-state index in [4.69, 9.17) is 18.0 Å². The van der Waals surface area contributed by atoms with E-state index in [1.165, 1.54) is 0 Å². The van der Waals surface area contributed by atoms with Crippen LogP contribution in [-0.2, 0) is 11.3 Å². The van der Waals surface area contributed by atoms with Gasteiger partial charge in [-0.25, -0.2) is 0 Å². The lowest BCUT2D eigenvalue weighted by Crippen LogP contribution is -2.18. The topological polar surface area (TPSA) is 76.7 Å². The summed E-state index contributed by atoms with van der Waals surface area (Å²) in [5.41, 5.74) is 7.78. The van der Waals surface area contributed by atoms with Gasteiger partial charge in [-0.15, -0.1) is 0 Å². The van der Waals surface area contributed by atoms with Crippen LogP contribution in [0.25, 0.3) is 21.9 Å². The molecule has 0 spiro atoms. The van der Waals surface area contributed by atoms with Gasteiger partial charge < -0.3 is 15.3 Å². The van der Waals surface area contributed by atoms with E-state index in [0.29, 0.717) is 4.77 Å². The number of carbonyl (C=O) groups is 1. The first-order valence-electron chi connectivity index (χ1n) is 5.41. The standard InChI is InChI=1S/C12H10N4OS/c13-10(17)6-16-11-7-3-1-2-4-8(7)14-5-9(11)15-12(16)18/h1-5H,6H2,(H2,13,17)(H,15,18). The van der Waals surface area contributed by atoms with Gasteiger partial charge in [0, 0.05) is 5.39 Å². The first kappa shape index (κ1) is 10.9. The van der Waals surface area contributed by atoms with E-state index < -0.39 is 5.91 Å². The predicted octanol–water partition coefficient (Wildman–Crippen LogP) is 1.73. The molecule has 90 valence electrons. The molecule has 2 heterocycles. The second-order valence-corrected chi connectivity index (χ2v) is 4.41. The Balaban J connectivity index is 2.47. The Morgan fingerprint density at radius 2 is 2.22 bits per heavy atom. The van der Waals surface area contributed by atoms with E-state index in [1.807, 2.05) is 24.3 Å². The van der Waals surface area contributed by atoms with Crippen LogP contribution >= 0.6 is 12.2 Å². The van der Waals surface area contributed by atoms with Gasteiger partial charge in [0.05, 0.1) is 22.7 Å². The van der Waals surface area contributed by atoms with Crippen LogP contribution < -0.4 is 5.73 Å². The molecule has 0 aliphatic carbocycles. The van der Waals surface area contributed by atoms with Gasteiger partial charge in [-0.05, 0) is 18.3 Å². The highest BCUT2D eigenvalue weighted by Gasteiger charge is 2.10. The molecule has 0 unspecified atom stereocenters. The van der Waals surface area contributed by atoms with Gasteiger partial charge in [-0.2, -0.15) is 0 Å². The van der Waals surface area contributed by atoms with Crippen molar-refractivity contribution in [1.82, 2.24) is 14.5 Å². The molecule has 0 aliphatic rings. The molecule has 3 aromatic rings. The zero-order valence-corrected chi connectivity index (χ0v) is 10.2. The Kier molecular flexibility index (Phi) is 2.38. The van der Waals surface area contributed by atoms with Gasteiger partial charge in [-0.3, -0.25) is 9.78 Å². The maximum Gasteiger partial charge on any atom is 0.237 e. The number of rotatable bonds is 2.